The second-order valence-electron chi connectivity index (χ2n) is 5.92. The zero-order chi connectivity index (χ0) is 14.8. The first-order valence-corrected chi connectivity index (χ1v) is 6.78. The summed E-state index contributed by atoms with van der Waals surface area (Å²) in [7, 11) is 0. The first-order valence-electron chi connectivity index (χ1n) is 6.78. The SMILES string of the molecule is CC(C)(CC(N)=O)NC(=O)[C@H]1Cc2ccccc2CN1. The van der Waals surface area contributed by atoms with Gasteiger partial charge in [0.05, 0.1) is 6.04 Å². The molecule has 0 fully saturated rings. The predicted octanol–water partition coefficient (Wildman–Crippen LogP) is 0.471. The second-order valence-corrected chi connectivity index (χ2v) is 5.92. The molecule has 1 aromatic rings. The van der Waals surface area contributed by atoms with Gasteiger partial charge < -0.3 is 16.4 Å². The van der Waals surface area contributed by atoms with Crippen LogP contribution >= 0.6 is 0 Å². The minimum absolute atomic E-state index is 0.0919. The molecule has 108 valence electrons. The molecule has 0 radical (unpaired) electrons. The molecule has 20 heavy (non-hydrogen) atoms. The Bertz CT molecular complexity index is 526. The topological polar surface area (TPSA) is 84.2 Å². The van der Waals surface area contributed by atoms with Crippen LogP contribution in [0.15, 0.2) is 24.3 Å². The Balaban J connectivity index is 2.00. The number of nitrogens with one attached hydrogen (secondary N) is 2. The van der Waals surface area contributed by atoms with Gasteiger partial charge >= 0.3 is 0 Å². The maximum atomic E-state index is 12.3. The number of rotatable bonds is 4. The lowest BCUT2D eigenvalue weighted by molar-refractivity contribution is -0.125. The second kappa shape index (κ2) is 5.63. The number of benzene rings is 1. The van der Waals surface area contributed by atoms with E-state index in [-0.39, 0.29) is 18.4 Å². The van der Waals surface area contributed by atoms with E-state index in [1.54, 1.807) is 13.8 Å². The van der Waals surface area contributed by atoms with E-state index >= 15 is 0 Å². The summed E-state index contributed by atoms with van der Waals surface area (Å²) < 4.78 is 0. The van der Waals surface area contributed by atoms with Crippen LogP contribution in [-0.4, -0.2) is 23.4 Å². The van der Waals surface area contributed by atoms with E-state index in [0.717, 1.165) is 0 Å². The molecule has 0 spiro atoms. The van der Waals surface area contributed by atoms with Gasteiger partial charge in [0.25, 0.3) is 0 Å². The lowest BCUT2D eigenvalue weighted by Crippen LogP contribution is -2.54. The average Bonchev–Trinajstić information content (AvgIpc) is 2.36. The predicted molar refractivity (Wildman–Crippen MR) is 76.8 cm³/mol. The van der Waals surface area contributed by atoms with Gasteiger partial charge in [-0.15, -0.1) is 0 Å². The highest BCUT2D eigenvalue weighted by molar-refractivity contribution is 5.84. The Hall–Kier alpha value is -1.88. The lowest BCUT2D eigenvalue weighted by atomic mass is 9.94. The zero-order valence-corrected chi connectivity index (χ0v) is 11.9. The molecular formula is C15H21N3O2. The monoisotopic (exact) mass is 275 g/mol. The minimum Gasteiger partial charge on any atom is -0.370 e. The van der Waals surface area contributed by atoms with Gasteiger partial charge in [0, 0.05) is 18.5 Å². The van der Waals surface area contributed by atoms with Crippen LogP contribution in [0, 0.1) is 0 Å². The number of hydrogen-bond donors (Lipinski definition) is 3. The smallest absolute Gasteiger partial charge is 0.237 e. The van der Waals surface area contributed by atoms with Crippen LogP contribution in [0.3, 0.4) is 0 Å². The van der Waals surface area contributed by atoms with E-state index in [2.05, 4.69) is 16.7 Å². The van der Waals surface area contributed by atoms with Crippen LogP contribution in [0.2, 0.25) is 0 Å². The van der Waals surface area contributed by atoms with E-state index < -0.39 is 11.4 Å². The molecule has 5 nitrogen and oxygen atoms in total. The molecule has 1 atom stereocenters. The molecule has 1 heterocycles. The first kappa shape index (κ1) is 14.5. The van der Waals surface area contributed by atoms with Gasteiger partial charge in [0.15, 0.2) is 0 Å². The van der Waals surface area contributed by atoms with E-state index in [1.807, 2.05) is 18.2 Å². The quantitative estimate of drug-likeness (QED) is 0.747. The Labute approximate surface area is 118 Å². The Morgan fingerprint density at radius 2 is 2.00 bits per heavy atom. The van der Waals surface area contributed by atoms with Gasteiger partial charge in [-0.1, -0.05) is 24.3 Å². The number of carbonyl (C=O) groups excluding carboxylic acids is 2. The maximum Gasteiger partial charge on any atom is 0.237 e. The van der Waals surface area contributed by atoms with Crippen molar-refractivity contribution in [3.8, 4) is 0 Å². The van der Waals surface area contributed by atoms with Gasteiger partial charge in [-0.3, -0.25) is 9.59 Å². The Kier molecular flexibility index (Phi) is 4.09. The van der Waals surface area contributed by atoms with Crippen LogP contribution in [0.1, 0.15) is 31.4 Å². The molecule has 2 amide bonds. The molecule has 2 rings (SSSR count). The average molecular weight is 275 g/mol. The molecule has 1 aliphatic rings. The van der Waals surface area contributed by atoms with Crippen LogP contribution in [0.25, 0.3) is 0 Å². The van der Waals surface area contributed by atoms with Crippen molar-refractivity contribution in [3.05, 3.63) is 35.4 Å². The van der Waals surface area contributed by atoms with Gasteiger partial charge in [0.2, 0.25) is 11.8 Å². The summed E-state index contributed by atoms with van der Waals surface area (Å²) in [6.07, 6.45) is 0.788. The third kappa shape index (κ3) is 3.57. The fourth-order valence-corrected chi connectivity index (χ4v) is 2.54. The highest BCUT2D eigenvalue weighted by atomic mass is 16.2. The van der Waals surface area contributed by atoms with Gasteiger partial charge in [-0.05, 0) is 31.4 Å². The van der Waals surface area contributed by atoms with E-state index in [4.69, 9.17) is 5.73 Å². The molecule has 4 N–H and O–H groups in total. The Morgan fingerprint density at radius 1 is 1.35 bits per heavy atom. The van der Waals surface area contributed by atoms with E-state index in [9.17, 15) is 9.59 Å². The summed E-state index contributed by atoms with van der Waals surface area (Å²) >= 11 is 0. The van der Waals surface area contributed by atoms with Crippen molar-refractivity contribution >= 4 is 11.8 Å². The Morgan fingerprint density at radius 3 is 2.65 bits per heavy atom. The fraction of sp³-hybridized carbons (Fsp3) is 0.467. The molecule has 0 bridgehead atoms. The van der Waals surface area contributed by atoms with Crippen molar-refractivity contribution in [1.29, 1.82) is 0 Å². The summed E-state index contributed by atoms with van der Waals surface area (Å²) in [5, 5.41) is 6.11. The number of carbonyl (C=O) groups is 2. The third-order valence-corrected chi connectivity index (χ3v) is 3.48. The zero-order valence-electron chi connectivity index (χ0n) is 11.9. The maximum absolute atomic E-state index is 12.3. The van der Waals surface area contributed by atoms with Crippen LogP contribution in [0.5, 0.6) is 0 Å². The van der Waals surface area contributed by atoms with Crippen LogP contribution < -0.4 is 16.4 Å². The normalized spacial score (nSPS) is 18.2. The first-order chi connectivity index (χ1) is 9.37. The van der Waals surface area contributed by atoms with E-state index in [0.29, 0.717) is 13.0 Å². The summed E-state index contributed by atoms with van der Waals surface area (Å²) in [6.45, 7) is 4.28. The number of hydrogen-bond acceptors (Lipinski definition) is 3. The molecule has 5 heteroatoms. The standard InChI is InChI=1S/C15H21N3O2/c1-15(2,8-13(16)19)18-14(20)12-7-10-5-3-4-6-11(10)9-17-12/h3-6,12,17H,7-9H2,1-2H3,(H2,16,19)(H,18,20)/t12-/m1/s1. The number of primary amides is 1. The summed E-state index contributed by atoms with van der Waals surface area (Å²) in [5.41, 5.74) is 6.99. The molecule has 0 saturated carbocycles. The summed E-state index contributed by atoms with van der Waals surface area (Å²) in [5.74, 6) is -0.511. The minimum atomic E-state index is -0.623. The van der Waals surface area contributed by atoms with Crippen molar-refractivity contribution in [1.82, 2.24) is 10.6 Å². The fourth-order valence-electron chi connectivity index (χ4n) is 2.54. The largest absolute Gasteiger partial charge is 0.370 e. The van der Waals surface area contributed by atoms with E-state index in [1.165, 1.54) is 11.1 Å². The molecule has 0 unspecified atom stereocenters. The molecule has 1 aromatic carbocycles. The van der Waals surface area contributed by atoms with Crippen molar-refractivity contribution in [3.63, 3.8) is 0 Å². The van der Waals surface area contributed by atoms with Crippen LogP contribution in [-0.2, 0) is 22.6 Å². The summed E-state index contributed by atoms with van der Waals surface area (Å²) in [6, 6.07) is 7.82. The highest BCUT2D eigenvalue weighted by Gasteiger charge is 2.29. The molecule has 0 aromatic heterocycles. The molecular weight excluding hydrogens is 254 g/mol. The van der Waals surface area contributed by atoms with Crippen molar-refractivity contribution in [2.45, 2.75) is 44.8 Å². The number of nitrogens with two attached hydrogens (primary N) is 1. The van der Waals surface area contributed by atoms with Crippen molar-refractivity contribution < 1.29 is 9.59 Å². The van der Waals surface area contributed by atoms with Gasteiger partial charge in [-0.2, -0.15) is 0 Å². The highest BCUT2D eigenvalue weighted by Crippen LogP contribution is 2.17. The number of fused-ring (bicyclic) bond motifs is 1. The third-order valence-electron chi connectivity index (χ3n) is 3.48. The molecule has 0 saturated heterocycles. The lowest BCUT2D eigenvalue weighted by Gasteiger charge is -2.30. The van der Waals surface area contributed by atoms with Gasteiger partial charge in [-0.25, -0.2) is 0 Å². The van der Waals surface area contributed by atoms with Gasteiger partial charge in [0.1, 0.15) is 0 Å². The summed E-state index contributed by atoms with van der Waals surface area (Å²) in [4.78, 5) is 23.3. The van der Waals surface area contributed by atoms with Crippen molar-refractivity contribution in [2.24, 2.45) is 5.73 Å². The van der Waals surface area contributed by atoms with Crippen molar-refractivity contribution in [2.75, 3.05) is 0 Å². The molecule has 0 aliphatic carbocycles. The molecule has 1 aliphatic heterocycles. The van der Waals surface area contributed by atoms with Crippen LogP contribution in [0.4, 0.5) is 0 Å². The number of amides is 2.